The summed E-state index contributed by atoms with van der Waals surface area (Å²) in [6.45, 7) is 1.76. The van der Waals surface area contributed by atoms with Crippen molar-refractivity contribution in [3.8, 4) is 6.07 Å². The summed E-state index contributed by atoms with van der Waals surface area (Å²) < 4.78 is 0. The highest BCUT2D eigenvalue weighted by molar-refractivity contribution is 6.30. The van der Waals surface area contributed by atoms with E-state index in [2.05, 4.69) is 9.88 Å². The van der Waals surface area contributed by atoms with Crippen molar-refractivity contribution in [2.45, 2.75) is 18.9 Å². The van der Waals surface area contributed by atoms with Crippen LogP contribution in [-0.4, -0.2) is 23.2 Å². The van der Waals surface area contributed by atoms with E-state index >= 15 is 0 Å². The number of hydrogen-bond donors (Lipinski definition) is 1. The number of hydrogen-bond acceptors (Lipinski definition) is 4. The number of pyridine rings is 1. The van der Waals surface area contributed by atoms with Gasteiger partial charge in [0.25, 0.3) is 0 Å². The maximum absolute atomic E-state index is 10.6. The van der Waals surface area contributed by atoms with Gasteiger partial charge in [-0.15, -0.1) is 0 Å². The number of benzene rings is 1. The Hall–Kier alpha value is -2.09. The number of aliphatic hydroxyl groups excluding tert-OH is 1. The van der Waals surface area contributed by atoms with Gasteiger partial charge in [-0.25, -0.2) is 4.98 Å². The molecule has 1 atom stereocenters. The summed E-state index contributed by atoms with van der Waals surface area (Å²) in [4.78, 5) is 6.37. The molecule has 0 saturated carbocycles. The fraction of sp³-hybridized carbons (Fsp3) is 0.333. The van der Waals surface area contributed by atoms with Gasteiger partial charge in [-0.2, -0.15) is 5.26 Å². The summed E-state index contributed by atoms with van der Waals surface area (Å²) in [5.41, 5.74) is 2.39. The smallest absolute Gasteiger partial charge is 0.140 e. The molecule has 118 valence electrons. The Balaban J connectivity index is 1.61. The maximum atomic E-state index is 10.6. The lowest BCUT2D eigenvalue weighted by molar-refractivity contribution is 0.0930. The van der Waals surface area contributed by atoms with Crippen molar-refractivity contribution in [3.63, 3.8) is 0 Å². The topological polar surface area (TPSA) is 60.2 Å². The second-order valence-electron chi connectivity index (χ2n) is 5.83. The van der Waals surface area contributed by atoms with Crippen molar-refractivity contribution in [2.75, 3.05) is 18.0 Å². The molecule has 3 rings (SSSR count). The summed E-state index contributed by atoms with van der Waals surface area (Å²) in [5.74, 6) is 0.249. The van der Waals surface area contributed by atoms with Gasteiger partial charge >= 0.3 is 0 Å². The second kappa shape index (κ2) is 6.99. The van der Waals surface area contributed by atoms with Crippen LogP contribution in [0.2, 0.25) is 5.02 Å². The molecule has 5 heteroatoms. The standard InChI is InChI=1S/C18H18ClN3O/c19-15-3-1-13(2-4-15)18(23)14-7-9-22(10-8-14)17-6-5-16(11-20)21-12-17/h1-6,12,14,18,23H,7-10H2. The first-order valence-electron chi connectivity index (χ1n) is 7.72. The molecular formula is C18H18ClN3O. The Morgan fingerprint density at radius 2 is 1.87 bits per heavy atom. The lowest BCUT2D eigenvalue weighted by Crippen LogP contribution is -2.35. The zero-order valence-electron chi connectivity index (χ0n) is 12.7. The number of piperidine rings is 1. The zero-order chi connectivity index (χ0) is 16.2. The summed E-state index contributed by atoms with van der Waals surface area (Å²) in [6.07, 6.45) is 3.13. The lowest BCUT2D eigenvalue weighted by Gasteiger charge is -2.35. The molecule has 0 amide bonds. The van der Waals surface area contributed by atoms with Gasteiger partial charge < -0.3 is 10.0 Å². The summed E-state index contributed by atoms with van der Waals surface area (Å²) in [5, 5.41) is 20.0. The minimum atomic E-state index is -0.450. The minimum Gasteiger partial charge on any atom is -0.388 e. The van der Waals surface area contributed by atoms with Gasteiger partial charge in [0, 0.05) is 18.1 Å². The predicted octanol–water partition coefficient (Wildman–Crippen LogP) is 3.56. The van der Waals surface area contributed by atoms with Crippen LogP contribution in [0.3, 0.4) is 0 Å². The quantitative estimate of drug-likeness (QED) is 0.936. The monoisotopic (exact) mass is 327 g/mol. The molecular weight excluding hydrogens is 310 g/mol. The summed E-state index contributed by atoms with van der Waals surface area (Å²) >= 11 is 5.90. The van der Waals surface area contributed by atoms with Crippen LogP contribution in [-0.2, 0) is 0 Å². The van der Waals surface area contributed by atoms with E-state index in [9.17, 15) is 5.11 Å². The van der Waals surface area contributed by atoms with E-state index in [0.29, 0.717) is 10.7 Å². The SMILES string of the molecule is N#Cc1ccc(N2CCC(C(O)c3ccc(Cl)cc3)CC2)cn1. The van der Waals surface area contributed by atoms with Crippen LogP contribution in [0.1, 0.15) is 30.2 Å². The van der Waals surface area contributed by atoms with Crippen molar-refractivity contribution < 1.29 is 5.11 Å². The van der Waals surface area contributed by atoms with Crippen molar-refractivity contribution in [2.24, 2.45) is 5.92 Å². The molecule has 1 fully saturated rings. The molecule has 1 aromatic carbocycles. The van der Waals surface area contributed by atoms with E-state index in [-0.39, 0.29) is 5.92 Å². The molecule has 1 N–H and O–H groups in total. The summed E-state index contributed by atoms with van der Waals surface area (Å²) in [6, 6.07) is 13.1. The number of rotatable bonds is 3. The van der Waals surface area contributed by atoms with Crippen molar-refractivity contribution in [1.29, 1.82) is 5.26 Å². The Bertz CT molecular complexity index is 686. The van der Waals surface area contributed by atoms with Gasteiger partial charge in [-0.3, -0.25) is 0 Å². The van der Waals surface area contributed by atoms with Gasteiger partial charge in [0.05, 0.1) is 18.0 Å². The van der Waals surface area contributed by atoms with Crippen molar-refractivity contribution in [3.05, 3.63) is 58.9 Å². The third-order valence-corrected chi connectivity index (χ3v) is 4.68. The van der Waals surface area contributed by atoms with E-state index < -0.39 is 6.10 Å². The van der Waals surface area contributed by atoms with E-state index in [4.69, 9.17) is 16.9 Å². The van der Waals surface area contributed by atoms with Crippen LogP contribution in [0.25, 0.3) is 0 Å². The Labute approximate surface area is 141 Å². The van der Waals surface area contributed by atoms with Gasteiger partial charge in [0.15, 0.2) is 0 Å². The molecule has 2 heterocycles. The molecule has 1 unspecified atom stereocenters. The maximum Gasteiger partial charge on any atom is 0.140 e. The first kappa shape index (κ1) is 15.8. The lowest BCUT2D eigenvalue weighted by atomic mass is 9.87. The number of aromatic nitrogens is 1. The van der Waals surface area contributed by atoms with Crippen LogP contribution >= 0.6 is 11.6 Å². The van der Waals surface area contributed by atoms with Gasteiger partial charge in [-0.1, -0.05) is 23.7 Å². The van der Waals surface area contributed by atoms with E-state index in [1.54, 1.807) is 12.3 Å². The molecule has 0 spiro atoms. The van der Waals surface area contributed by atoms with Crippen LogP contribution in [0.15, 0.2) is 42.6 Å². The molecule has 1 saturated heterocycles. The van der Waals surface area contributed by atoms with E-state index in [1.807, 2.05) is 36.4 Å². The van der Waals surface area contributed by atoms with Crippen molar-refractivity contribution >= 4 is 17.3 Å². The average Bonchev–Trinajstić information content (AvgIpc) is 2.62. The number of nitriles is 1. The third-order valence-electron chi connectivity index (χ3n) is 4.43. The Morgan fingerprint density at radius 3 is 2.43 bits per heavy atom. The van der Waals surface area contributed by atoms with Crippen molar-refractivity contribution in [1.82, 2.24) is 4.98 Å². The number of halogens is 1. The molecule has 0 bridgehead atoms. The van der Waals surface area contributed by atoms with E-state index in [0.717, 1.165) is 37.2 Å². The predicted molar refractivity (Wildman–Crippen MR) is 90.3 cm³/mol. The van der Waals surface area contributed by atoms with Gasteiger partial charge in [0.2, 0.25) is 0 Å². The fourth-order valence-electron chi connectivity index (χ4n) is 3.04. The fourth-order valence-corrected chi connectivity index (χ4v) is 3.17. The number of anilines is 1. The second-order valence-corrected chi connectivity index (χ2v) is 6.27. The number of aliphatic hydroxyl groups is 1. The Morgan fingerprint density at radius 1 is 1.17 bits per heavy atom. The number of nitrogens with zero attached hydrogens (tertiary/aromatic N) is 3. The van der Waals surface area contributed by atoms with Gasteiger partial charge in [0.1, 0.15) is 11.8 Å². The molecule has 0 aliphatic carbocycles. The van der Waals surface area contributed by atoms with Gasteiger partial charge in [-0.05, 0) is 48.6 Å². The van der Waals surface area contributed by atoms with Crippen LogP contribution in [0, 0.1) is 17.2 Å². The highest BCUT2D eigenvalue weighted by atomic mass is 35.5. The largest absolute Gasteiger partial charge is 0.388 e. The first-order chi connectivity index (χ1) is 11.2. The molecule has 0 radical (unpaired) electrons. The zero-order valence-corrected chi connectivity index (χ0v) is 13.4. The molecule has 1 aliphatic heterocycles. The normalized spacial score (nSPS) is 16.8. The van der Waals surface area contributed by atoms with Crippen LogP contribution in [0.5, 0.6) is 0 Å². The summed E-state index contributed by atoms with van der Waals surface area (Å²) in [7, 11) is 0. The van der Waals surface area contributed by atoms with E-state index in [1.165, 1.54) is 0 Å². The first-order valence-corrected chi connectivity index (χ1v) is 8.10. The van der Waals surface area contributed by atoms with Crippen LogP contribution in [0.4, 0.5) is 5.69 Å². The van der Waals surface area contributed by atoms with Crippen LogP contribution < -0.4 is 4.90 Å². The minimum absolute atomic E-state index is 0.249. The average molecular weight is 328 g/mol. The molecule has 4 nitrogen and oxygen atoms in total. The Kier molecular flexibility index (Phi) is 4.80. The molecule has 2 aromatic rings. The molecule has 1 aromatic heterocycles. The molecule has 1 aliphatic rings. The molecule has 23 heavy (non-hydrogen) atoms. The third kappa shape index (κ3) is 3.64. The highest BCUT2D eigenvalue weighted by Crippen LogP contribution is 2.32. The highest BCUT2D eigenvalue weighted by Gasteiger charge is 2.26.